The first-order valence-electron chi connectivity index (χ1n) is 9.28. The lowest BCUT2D eigenvalue weighted by atomic mass is 10.00. The average Bonchev–Trinajstić information content (AvgIpc) is 3.04. The van der Waals surface area contributed by atoms with E-state index in [1.807, 2.05) is 61.5 Å². The van der Waals surface area contributed by atoms with Gasteiger partial charge in [-0.1, -0.05) is 54.1 Å². The van der Waals surface area contributed by atoms with Crippen LogP contribution < -0.4 is 5.32 Å². The van der Waals surface area contributed by atoms with E-state index in [2.05, 4.69) is 10.3 Å². The van der Waals surface area contributed by atoms with E-state index in [1.54, 1.807) is 23.2 Å². The third-order valence-corrected chi connectivity index (χ3v) is 5.00. The number of aryl methyl sites for hydroxylation is 1. The van der Waals surface area contributed by atoms with Crippen LogP contribution in [-0.4, -0.2) is 21.7 Å². The molecule has 2 heterocycles. The summed E-state index contributed by atoms with van der Waals surface area (Å²) in [6.07, 6.45) is 1.80. The van der Waals surface area contributed by atoms with Crippen LogP contribution in [0.2, 0.25) is 0 Å². The SMILES string of the molecule is Cc1ccc([C@@H](CC(=O)Nc2ccccn2)N2Cc3ccccc3C2=O)cc1. The fourth-order valence-corrected chi connectivity index (χ4v) is 3.53. The van der Waals surface area contributed by atoms with Crippen LogP contribution in [0.25, 0.3) is 0 Å². The van der Waals surface area contributed by atoms with Crippen molar-refractivity contribution in [2.24, 2.45) is 0 Å². The first kappa shape index (κ1) is 17.9. The maximum atomic E-state index is 13.0. The fraction of sp³-hybridized carbons (Fsp3) is 0.174. The van der Waals surface area contributed by atoms with Crippen LogP contribution in [0.4, 0.5) is 5.82 Å². The molecule has 1 aliphatic rings. The summed E-state index contributed by atoms with van der Waals surface area (Å²) in [5.74, 6) is 0.297. The third-order valence-electron chi connectivity index (χ3n) is 5.00. The van der Waals surface area contributed by atoms with Gasteiger partial charge in [0.05, 0.1) is 12.5 Å². The highest BCUT2D eigenvalue weighted by Gasteiger charge is 2.34. The van der Waals surface area contributed by atoms with Crippen molar-refractivity contribution in [1.29, 1.82) is 0 Å². The Hall–Kier alpha value is -3.47. The van der Waals surface area contributed by atoms with Gasteiger partial charge in [-0.05, 0) is 36.2 Å². The standard InChI is InChI=1S/C23H21N3O2/c1-16-9-11-17(12-10-16)20(14-22(27)25-21-8-4-5-13-24-21)26-15-18-6-2-3-7-19(18)23(26)28/h2-13,20H,14-15H2,1H3,(H,24,25,27)/t20-/m1/s1. The molecule has 1 N–H and O–H groups in total. The molecular weight excluding hydrogens is 350 g/mol. The van der Waals surface area contributed by atoms with E-state index in [4.69, 9.17) is 0 Å². The molecular formula is C23H21N3O2. The van der Waals surface area contributed by atoms with Gasteiger partial charge in [-0.3, -0.25) is 9.59 Å². The number of aromatic nitrogens is 1. The van der Waals surface area contributed by atoms with Gasteiger partial charge in [-0.25, -0.2) is 4.98 Å². The average molecular weight is 371 g/mol. The number of rotatable bonds is 5. The molecule has 5 heteroatoms. The van der Waals surface area contributed by atoms with Gasteiger partial charge >= 0.3 is 0 Å². The molecule has 2 aromatic carbocycles. The number of anilines is 1. The zero-order valence-corrected chi connectivity index (χ0v) is 15.6. The van der Waals surface area contributed by atoms with Crippen LogP contribution in [0.3, 0.4) is 0 Å². The molecule has 1 aromatic heterocycles. The van der Waals surface area contributed by atoms with Crippen LogP contribution >= 0.6 is 0 Å². The maximum Gasteiger partial charge on any atom is 0.255 e. The fourth-order valence-electron chi connectivity index (χ4n) is 3.53. The molecule has 0 fully saturated rings. The number of hydrogen-bond acceptors (Lipinski definition) is 3. The number of fused-ring (bicyclic) bond motifs is 1. The summed E-state index contributed by atoms with van der Waals surface area (Å²) in [7, 11) is 0. The first-order chi connectivity index (χ1) is 13.6. The van der Waals surface area contributed by atoms with Gasteiger partial charge in [0, 0.05) is 18.3 Å². The van der Waals surface area contributed by atoms with Gasteiger partial charge in [-0.2, -0.15) is 0 Å². The molecule has 0 saturated heterocycles. The molecule has 1 atom stereocenters. The lowest BCUT2D eigenvalue weighted by Crippen LogP contribution is -2.32. The van der Waals surface area contributed by atoms with Gasteiger partial charge in [-0.15, -0.1) is 0 Å². The first-order valence-corrected chi connectivity index (χ1v) is 9.28. The quantitative estimate of drug-likeness (QED) is 0.734. The zero-order chi connectivity index (χ0) is 19.5. The molecule has 0 bridgehead atoms. The second-order valence-electron chi connectivity index (χ2n) is 6.98. The Morgan fingerprint density at radius 1 is 1.07 bits per heavy atom. The van der Waals surface area contributed by atoms with E-state index in [1.165, 1.54) is 0 Å². The highest BCUT2D eigenvalue weighted by atomic mass is 16.2. The van der Waals surface area contributed by atoms with Crippen molar-refractivity contribution in [2.75, 3.05) is 5.32 Å². The molecule has 0 radical (unpaired) electrons. The molecule has 0 aliphatic carbocycles. The second-order valence-corrected chi connectivity index (χ2v) is 6.98. The summed E-state index contributed by atoms with van der Waals surface area (Å²) < 4.78 is 0. The summed E-state index contributed by atoms with van der Waals surface area (Å²) in [6.45, 7) is 2.52. The van der Waals surface area contributed by atoms with E-state index in [-0.39, 0.29) is 24.3 Å². The Morgan fingerprint density at radius 3 is 2.54 bits per heavy atom. The molecule has 2 amide bonds. The molecule has 5 nitrogen and oxygen atoms in total. The number of nitrogens with zero attached hydrogens (tertiary/aromatic N) is 2. The number of benzene rings is 2. The Labute approximate surface area is 164 Å². The topological polar surface area (TPSA) is 62.3 Å². The molecule has 3 aromatic rings. The summed E-state index contributed by atoms with van der Waals surface area (Å²) in [4.78, 5) is 31.6. The number of pyridine rings is 1. The monoisotopic (exact) mass is 371 g/mol. The highest BCUT2D eigenvalue weighted by Crippen LogP contribution is 2.33. The number of amides is 2. The molecule has 0 spiro atoms. The van der Waals surface area contributed by atoms with E-state index in [9.17, 15) is 9.59 Å². The number of nitrogens with one attached hydrogen (secondary N) is 1. The highest BCUT2D eigenvalue weighted by molar-refractivity contribution is 5.99. The summed E-state index contributed by atoms with van der Waals surface area (Å²) >= 11 is 0. The van der Waals surface area contributed by atoms with Crippen LogP contribution in [0.1, 0.15) is 39.5 Å². The summed E-state index contributed by atoms with van der Waals surface area (Å²) in [5, 5.41) is 2.82. The minimum absolute atomic E-state index is 0.0354. The van der Waals surface area contributed by atoms with Crippen molar-refractivity contribution < 1.29 is 9.59 Å². The van der Waals surface area contributed by atoms with Crippen molar-refractivity contribution >= 4 is 17.6 Å². The van der Waals surface area contributed by atoms with Gasteiger partial charge in [0.1, 0.15) is 5.82 Å². The van der Waals surface area contributed by atoms with Gasteiger partial charge in [0.15, 0.2) is 0 Å². The minimum atomic E-state index is -0.343. The lowest BCUT2D eigenvalue weighted by molar-refractivity contribution is -0.117. The number of carbonyl (C=O) groups excluding carboxylic acids is 2. The van der Waals surface area contributed by atoms with E-state index in [0.717, 1.165) is 16.7 Å². The van der Waals surface area contributed by atoms with Crippen molar-refractivity contribution in [3.63, 3.8) is 0 Å². The molecule has 4 rings (SSSR count). The maximum absolute atomic E-state index is 13.0. The minimum Gasteiger partial charge on any atom is -0.327 e. The molecule has 0 saturated carbocycles. The van der Waals surface area contributed by atoms with Crippen molar-refractivity contribution in [1.82, 2.24) is 9.88 Å². The Bertz CT molecular complexity index is 1000. The van der Waals surface area contributed by atoms with Crippen molar-refractivity contribution in [3.8, 4) is 0 Å². The van der Waals surface area contributed by atoms with Crippen molar-refractivity contribution in [3.05, 3.63) is 95.2 Å². The van der Waals surface area contributed by atoms with Gasteiger partial charge in [0.2, 0.25) is 5.91 Å². The van der Waals surface area contributed by atoms with Gasteiger partial charge < -0.3 is 10.2 Å². The van der Waals surface area contributed by atoms with Crippen LogP contribution in [0.5, 0.6) is 0 Å². The molecule has 0 unspecified atom stereocenters. The Balaban J connectivity index is 1.61. The van der Waals surface area contributed by atoms with Crippen LogP contribution in [0, 0.1) is 6.92 Å². The molecule has 140 valence electrons. The van der Waals surface area contributed by atoms with Crippen LogP contribution in [-0.2, 0) is 11.3 Å². The predicted octanol–water partition coefficient (Wildman–Crippen LogP) is 4.12. The third kappa shape index (κ3) is 3.64. The van der Waals surface area contributed by atoms with E-state index < -0.39 is 0 Å². The van der Waals surface area contributed by atoms with E-state index >= 15 is 0 Å². The lowest BCUT2D eigenvalue weighted by Gasteiger charge is -2.28. The predicted molar refractivity (Wildman–Crippen MR) is 108 cm³/mol. The van der Waals surface area contributed by atoms with Crippen LogP contribution in [0.15, 0.2) is 72.9 Å². The largest absolute Gasteiger partial charge is 0.327 e. The zero-order valence-electron chi connectivity index (χ0n) is 15.6. The Morgan fingerprint density at radius 2 is 1.82 bits per heavy atom. The normalized spacial score (nSPS) is 13.9. The second kappa shape index (κ2) is 7.64. The summed E-state index contributed by atoms with van der Waals surface area (Å²) in [5.41, 5.74) is 3.79. The molecule has 28 heavy (non-hydrogen) atoms. The number of hydrogen-bond donors (Lipinski definition) is 1. The van der Waals surface area contributed by atoms with Crippen molar-refractivity contribution in [2.45, 2.75) is 25.9 Å². The molecule has 1 aliphatic heterocycles. The van der Waals surface area contributed by atoms with Gasteiger partial charge in [0.25, 0.3) is 5.91 Å². The van der Waals surface area contributed by atoms with E-state index in [0.29, 0.717) is 17.9 Å². The Kier molecular flexibility index (Phi) is 4.89. The number of carbonyl (C=O) groups is 2. The smallest absolute Gasteiger partial charge is 0.255 e. The summed E-state index contributed by atoms with van der Waals surface area (Å²) in [6, 6.07) is 20.6.